The van der Waals surface area contributed by atoms with Crippen LogP contribution in [0.1, 0.15) is 11.1 Å². The Hall–Kier alpha value is -3.33. The number of nitrogens with one attached hydrogen (secondary N) is 1. The molecule has 0 unspecified atom stereocenters. The van der Waals surface area contributed by atoms with E-state index in [1.165, 1.54) is 13.3 Å². The summed E-state index contributed by atoms with van der Waals surface area (Å²) in [5, 5.41) is 3.90. The van der Waals surface area contributed by atoms with E-state index in [0.29, 0.717) is 29.4 Å². The highest BCUT2D eigenvalue weighted by Crippen LogP contribution is 2.27. The maximum absolute atomic E-state index is 12.3. The van der Waals surface area contributed by atoms with Gasteiger partial charge in [-0.1, -0.05) is 24.8 Å². The molecule has 0 aromatic heterocycles. The van der Waals surface area contributed by atoms with E-state index in [0.717, 1.165) is 16.1 Å². The lowest BCUT2D eigenvalue weighted by Crippen LogP contribution is -2.39. The number of hydrogen-bond donors (Lipinski definition) is 1. The molecule has 1 amide bonds. The minimum absolute atomic E-state index is 0.345. The molecule has 1 N–H and O–H groups in total. The number of methoxy groups -OCH3 is 1. The van der Waals surface area contributed by atoms with Crippen molar-refractivity contribution in [2.45, 2.75) is 6.92 Å². The normalized spacial score (nSPS) is 11.2. The number of amides is 1. The van der Waals surface area contributed by atoms with Gasteiger partial charge in [0.2, 0.25) is 10.0 Å². The Morgan fingerprint density at radius 3 is 2.63 bits per heavy atom. The zero-order chi connectivity index (χ0) is 22.1. The molecule has 8 nitrogen and oxygen atoms in total. The minimum atomic E-state index is -3.65. The summed E-state index contributed by atoms with van der Waals surface area (Å²) in [6.45, 7) is 5.39. The first-order valence-electron chi connectivity index (χ1n) is 9.02. The molecule has 0 saturated heterocycles. The van der Waals surface area contributed by atoms with E-state index in [4.69, 9.17) is 9.47 Å². The zero-order valence-corrected chi connectivity index (χ0v) is 18.0. The molecule has 0 saturated carbocycles. The topological polar surface area (TPSA) is 97.3 Å². The SMILES string of the molecule is C=CCOc1ccc(/C=N\NC(=O)CN(c2cccc(C)c2)S(C)(=O)=O)cc1OC. The second kappa shape index (κ2) is 10.4. The van der Waals surface area contributed by atoms with Crippen LogP contribution in [-0.2, 0) is 14.8 Å². The third-order valence-electron chi connectivity index (χ3n) is 3.92. The second-order valence-electron chi connectivity index (χ2n) is 6.41. The van der Waals surface area contributed by atoms with Crippen LogP contribution in [0.15, 0.2) is 60.2 Å². The number of sulfonamides is 1. The van der Waals surface area contributed by atoms with Crippen LogP contribution in [0.5, 0.6) is 11.5 Å². The first kappa shape index (κ1) is 23.0. The van der Waals surface area contributed by atoms with Crippen molar-refractivity contribution in [3.05, 3.63) is 66.2 Å². The Bertz CT molecular complexity index is 1030. The van der Waals surface area contributed by atoms with Crippen LogP contribution in [0.2, 0.25) is 0 Å². The Morgan fingerprint density at radius 1 is 1.23 bits per heavy atom. The first-order valence-corrected chi connectivity index (χ1v) is 10.9. The van der Waals surface area contributed by atoms with Gasteiger partial charge in [-0.15, -0.1) is 0 Å². The fourth-order valence-electron chi connectivity index (χ4n) is 2.56. The van der Waals surface area contributed by atoms with Crippen LogP contribution in [0.3, 0.4) is 0 Å². The van der Waals surface area contributed by atoms with E-state index in [1.807, 2.05) is 13.0 Å². The van der Waals surface area contributed by atoms with E-state index in [-0.39, 0.29) is 0 Å². The Balaban J connectivity index is 2.06. The zero-order valence-electron chi connectivity index (χ0n) is 17.2. The highest BCUT2D eigenvalue weighted by molar-refractivity contribution is 7.92. The molecular formula is C21H25N3O5S. The molecule has 0 spiro atoms. The summed E-state index contributed by atoms with van der Waals surface area (Å²) in [5.41, 5.74) is 4.30. The summed E-state index contributed by atoms with van der Waals surface area (Å²) in [6, 6.07) is 12.1. The van der Waals surface area contributed by atoms with Gasteiger partial charge in [0.15, 0.2) is 11.5 Å². The standard InChI is InChI=1S/C21H25N3O5S/c1-5-11-29-19-10-9-17(13-20(19)28-3)14-22-23-21(25)15-24(30(4,26)27)18-8-6-7-16(2)12-18/h5-10,12-14H,1,11,15H2,2-4H3,(H,23,25)/b22-14-. The van der Waals surface area contributed by atoms with Gasteiger partial charge < -0.3 is 9.47 Å². The van der Waals surface area contributed by atoms with Gasteiger partial charge in [-0.2, -0.15) is 5.10 Å². The summed E-state index contributed by atoms with van der Waals surface area (Å²) in [5.74, 6) is 0.492. The molecule has 9 heteroatoms. The largest absolute Gasteiger partial charge is 0.493 e. The van der Waals surface area contributed by atoms with Crippen molar-refractivity contribution >= 4 is 27.8 Å². The number of aryl methyl sites for hydroxylation is 1. The lowest BCUT2D eigenvalue weighted by Gasteiger charge is -2.21. The molecule has 0 heterocycles. The van der Waals surface area contributed by atoms with Crippen molar-refractivity contribution in [2.75, 3.05) is 30.8 Å². The smallest absolute Gasteiger partial charge is 0.260 e. The number of hydrogen-bond acceptors (Lipinski definition) is 6. The summed E-state index contributed by atoms with van der Waals surface area (Å²) in [7, 11) is -2.13. The number of anilines is 1. The van der Waals surface area contributed by atoms with Gasteiger partial charge in [0.1, 0.15) is 13.2 Å². The molecule has 160 valence electrons. The highest BCUT2D eigenvalue weighted by Gasteiger charge is 2.20. The van der Waals surface area contributed by atoms with Gasteiger partial charge in [0.25, 0.3) is 5.91 Å². The first-order chi connectivity index (χ1) is 14.2. The maximum Gasteiger partial charge on any atom is 0.260 e. The van der Waals surface area contributed by atoms with Gasteiger partial charge in [-0.3, -0.25) is 9.10 Å². The number of carbonyl (C=O) groups excluding carboxylic acids is 1. The van der Waals surface area contributed by atoms with Crippen LogP contribution >= 0.6 is 0 Å². The lowest BCUT2D eigenvalue weighted by molar-refractivity contribution is -0.119. The second-order valence-corrected chi connectivity index (χ2v) is 8.32. The van der Waals surface area contributed by atoms with Gasteiger partial charge in [-0.25, -0.2) is 13.8 Å². The van der Waals surface area contributed by atoms with Crippen molar-refractivity contribution < 1.29 is 22.7 Å². The monoisotopic (exact) mass is 431 g/mol. The van der Waals surface area contributed by atoms with Crippen LogP contribution in [0.25, 0.3) is 0 Å². The summed E-state index contributed by atoms with van der Waals surface area (Å²) >= 11 is 0. The number of ether oxygens (including phenoxy) is 2. The minimum Gasteiger partial charge on any atom is -0.493 e. The van der Waals surface area contributed by atoms with Crippen LogP contribution in [-0.4, -0.2) is 47.1 Å². The Labute approximate surface area is 176 Å². The number of benzene rings is 2. The molecule has 0 aliphatic heterocycles. The van der Waals surface area contributed by atoms with E-state index in [9.17, 15) is 13.2 Å². The average Bonchev–Trinajstić information content (AvgIpc) is 2.70. The summed E-state index contributed by atoms with van der Waals surface area (Å²) in [6.07, 6.45) is 4.10. The number of rotatable bonds is 10. The fourth-order valence-corrected chi connectivity index (χ4v) is 3.41. The van der Waals surface area contributed by atoms with Crippen LogP contribution in [0, 0.1) is 6.92 Å². The lowest BCUT2D eigenvalue weighted by atomic mass is 10.2. The molecule has 0 bridgehead atoms. The van der Waals surface area contributed by atoms with Gasteiger partial charge in [0.05, 0.1) is 25.3 Å². The van der Waals surface area contributed by atoms with E-state index >= 15 is 0 Å². The predicted molar refractivity (Wildman–Crippen MR) is 118 cm³/mol. The number of hydrazone groups is 1. The van der Waals surface area contributed by atoms with Crippen molar-refractivity contribution in [1.82, 2.24) is 5.43 Å². The van der Waals surface area contributed by atoms with E-state index in [2.05, 4.69) is 17.1 Å². The molecule has 30 heavy (non-hydrogen) atoms. The molecule has 0 fully saturated rings. The van der Waals surface area contributed by atoms with Gasteiger partial charge >= 0.3 is 0 Å². The van der Waals surface area contributed by atoms with Gasteiger partial charge in [-0.05, 0) is 48.4 Å². The van der Waals surface area contributed by atoms with Crippen LogP contribution in [0.4, 0.5) is 5.69 Å². The highest BCUT2D eigenvalue weighted by atomic mass is 32.2. The fraction of sp³-hybridized carbons (Fsp3) is 0.238. The number of nitrogens with zero attached hydrogens (tertiary/aromatic N) is 2. The Kier molecular flexibility index (Phi) is 7.99. The van der Waals surface area contributed by atoms with Gasteiger partial charge in [0, 0.05) is 0 Å². The maximum atomic E-state index is 12.3. The molecule has 2 aromatic rings. The quantitative estimate of drug-likeness (QED) is 0.354. The average molecular weight is 432 g/mol. The predicted octanol–water partition coefficient (Wildman–Crippen LogP) is 2.48. The third kappa shape index (κ3) is 6.63. The number of carbonyl (C=O) groups is 1. The molecule has 0 aliphatic carbocycles. The van der Waals surface area contributed by atoms with Crippen LogP contribution < -0.4 is 19.2 Å². The molecule has 0 aliphatic rings. The van der Waals surface area contributed by atoms with E-state index < -0.39 is 22.5 Å². The molecule has 0 atom stereocenters. The van der Waals surface area contributed by atoms with E-state index in [1.54, 1.807) is 42.5 Å². The third-order valence-corrected chi connectivity index (χ3v) is 5.07. The molecule has 0 radical (unpaired) electrons. The summed E-state index contributed by atoms with van der Waals surface area (Å²) < 4.78 is 36.0. The van der Waals surface area contributed by atoms with Crippen molar-refractivity contribution in [3.63, 3.8) is 0 Å². The summed E-state index contributed by atoms with van der Waals surface area (Å²) in [4.78, 5) is 12.3. The van der Waals surface area contributed by atoms with Crippen molar-refractivity contribution in [3.8, 4) is 11.5 Å². The molecular weight excluding hydrogens is 406 g/mol. The molecule has 2 rings (SSSR count). The van der Waals surface area contributed by atoms with Crippen molar-refractivity contribution in [2.24, 2.45) is 5.10 Å². The Morgan fingerprint density at radius 2 is 2.00 bits per heavy atom. The molecule has 2 aromatic carbocycles. The van der Waals surface area contributed by atoms with Crippen molar-refractivity contribution in [1.29, 1.82) is 0 Å².